The van der Waals surface area contributed by atoms with E-state index in [0.717, 1.165) is 24.2 Å². The molecular weight excluding hydrogens is 204 g/mol. The molecule has 1 fully saturated rings. The molecule has 1 amide bonds. The van der Waals surface area contributed by atoms with Crippen LogP contribution >= 0.6 is 0 Å². The molecule has 0 spiro atoms. The zero-order chi connectivity index (χ0) is 11.5. The zero-order valence-electron chi connectivity index (χ0n) is 9.11. The van der Waals surface area contributed by atoms with E-state index in [1.54, 1.807) is 0 Å². The highest BCUT2D eigenvalue weighted by molar-refractivity contribution is 5.74. The predicted molar refractivity (Wildman–Crippen MR) is 62.0 cm³/mol. The van der Waals surface area contributed by atoms with Crippen LogP contribution in [0.15, 0.2) is 18.2 Å². The Morgan fingerprint density at radius 2 is 2.19 bits per heavy atom. The minimum absolute atomic E-state index is 0.308. The number of rotatable bonds is 5. The largest absolute Gasteiger partial charge is 0.490 e. The van der Waals surface area contributed by atoms with Crippen LogP contribution in [-0.4, -0.2) is 12.0 Å². The van der Waals surface area contributed by atoms with E-state index in [9.17, 15) is 4.79 Å². The van der Waals surface area contributed by atoms with Gasteiger partial charge in [-0.2, -0.15) is 0 Å². The minimum atomic E-state index is -0.308. The van der Waals surface area contributed by atoms with Crippen molar-refractivity contribution in [2.24, 2.45) is 5.73 Å². The number of carbonyl (C=O) groups excluding carboxylic acids is 1. The number of primary amides is 1. The second-order valence-corrected chi connectivity index (χ2v) is 4.14. The molecule has 4 heteroatoms. The molecule has 4 nitrogen and oxygen atoms in total. The van der Waals surface area contributed by atoms with E-state index in [1.165, 1.54) is 0 Å². The number of benzene rings is 1. The summed E-state index contributed by atoms with van der Waals surface area (Å²) in [7, 11) is 0. The molecule has 0 heterocycles. The van der Waals surface area contributed by atoms with Crippen molar-refractivity contribution in [2.75, 3.05) is 5.73 Å². The van der Waals surface area contributed by atoms with Gasteiger partial charge in [-0.25, -0.2) is 0 Å². The third-order valence-electron chi connectivity index (χ3n) is 2.59. The summed E-state index contributed by atoms with van der Waals surface area (Å²) >= 11 is 0. The van der Waals surface area contributed by atoms with Crippen molar-refractivity contribution in [1.29, 1.82) is 0 Å². The zero-order valence-corrected chi connectivity index (χ0v) is 9.11. The van der Waals surface area contributed by atoms with Gasteiger partial charge in [0.1, 0.15) is 5.75 Å². The number of amides is 1. The lowest BCUT2D eigenvalue weighted by Gasteiger charge is -2.08. The van der Waals surface area contributed by atoms with E-state index in [2.05, 4.69) is 0 Å². The lowest BCUT2D eigenvalue weighted by molar-refractivity contribution is -0.117. The molecular formula is C12H16N2O2. The van der Waals surface area contributed by atoms with Gasteiger partial charge in [0.25, 0.3) is 0 Å². The lowest BCUT2D eigenvalue weighted by atomic mass is 10.1. The third-order valence-corrected chi connectivity index (χ3v) is 2.59. The summed E-state index contributed by atoms with van der Waals surface area (Å²) in [6.07, 6.45) is 3.54. The van der Waals surface area contributed by atoms with Gasteiger partial charge < -0.3 is 16.2 Å². The first-order valence-corrected chi connectivity index (χ1v) is 5.48. The highest BCUT2D eigenvalue weighted by Crippen LogP contribution is 2.29. The van der Waals surface area contributed by atoms with E-state index >= 15 is 0 Å². The van der Waals surface area contributed by atoms with E-state index < -0.39 is 0 Å². The Labute approximate surface area is 94.6 Å². The number of aryl methyl sites for hydroxylation is 1. The number of hydrogen-bond donors (Lipinski definition) is 2. The van der Waals surface area contributed by atoms with Gasteiger partial charge in [-0.1, -0.05) is 6.07 Å². The van der Waals surface area contributed by atoms with Gasteiger partial charge in [0.2, 0.25) is 5.91 Å². The molecule has 0 unspecified atom stereocenters. The Balaban J connectivity index is 2.00. The molecule has 1 aromatic rings. The van der Waals surface area contributed by atoms with Crippen LogP contribution in [-0.2, 0) is 11.2 Å². The average molecular weight is 220 g/mol. The maximum atomic E-state index is 10.7. The minimum Gasteiger partial charge on any atom is -0.490 e. The number of nitrogens with two attached hydrogens (primary N) is 2. The van der Waals surface area contributed by atoms with Crippen LogP contribution in [0, 0.1) is 0 Å². The summed E-state index contributed by atoms with van der Waals surface area (Å²) in [4.78, 5) is 10.7. The summed E-state index contributed by atoms with van der Waals surface area (Å²) in [5.41, 5.74) is 12.6. The molecule has 4 N–H and O–H groups in total. The van der Waals surface area contributed by atoms with Crippen LogP contribution < -0.4 is 16.2 Å². The maximum absolute atomic E-state index is 10.7. The SMILES string of the molecule is NC(=O)CCc1ccc(OC2CC2)cc1N. The van der Waals surface area contributed by atoms with Crippen LogP contribution in [0.4, 0.5) is 5.69 Å². The Morgan fingerprint density at radius 1 is 1.44 bits per heavy atom. The van der Waals surface area contributed by atoms with Crippen molar-refractivity contribution in [1.82, 2.24) is 0 Å². The van der Waals surface area contributed by atoms with E-state index in [-0.39, 0.29) is 5.91 Å². The highest BCUT2D eigenvalue weighted by atomic mass is 16.5. The van der Waals surface area contributed by atoms with E-state index in [1.807, 2.05) is 18.2 Å². The fourth-order valence-corrected chi connectivity index (χ4v) is 1.51. The topological polar surface area (TPSA) is 78.3 Å². The van der Waals surface area contributed by atoms with Gasteiger partial charge in [-0.15, -0.1) is 0 Å². The monoisotopic (exact) mass is 220 g/mol. The third kappa shape index (κ3) is 2.89. The Kier molecular flexibility index (Phi) is 2.99. The molecule has 0 aliphatic heterocycles. The van der Waals surface area contributed by atoms with Crippen LogP contribution in [0.25, 0.3) is 0 Å². The quantitative estimate of drug-likeness (QED) is 0.732. The fourth-order valence-electron chi connectivity index (χ4n) is 1.51. The van der Waals surface area contributed by atoms with Gasteiger partial charge in [0, 0.05) is 18.2 Å². The highest BCUT2D eigenvalue weighted by Gasteiger charge is 2.23. The number of nitrogen functional groups attached to an aromatic ring is 1. The second-order valence-electron chi connectivity index (χ2n) is 4.14. The lowest BCUT2D eigenvalue weighted by Crippen LogP contribution is -2.11. The normalized spacial score (nSPS) is 14.8. The predicted octanol–water partition coefficient (Wildman–Crippen LogP) is 1.23. The Hall–Kier alpha value is -1.71. The number of hydrogen-bond acceptors (Lipinski definition) is 3. The fraction of sp³-hybridized carbons (Fsp3) is 0.417. The molecule has 86 valence electrons. The Morgan fingerprint density at radius 3 is 2.75 bits per heavy atom. The molecule has 0 radical (unpaired) electrons. The number of ether oxygens (including phenoxy) is 1. The van der Waals surface area contributed by atoms with Crippen LogP contribution in [0.1, 0.15) is 24.8 Å². The van der Waals surface area contributed by atoms with Crippen molar-refractivity contribution in [3.05, 3.63) is 23.8 Å². The molecule has 1 aliphatic carbocycles. The van der Waals surface area contributed by atoms with E-state index in [4.69, 9.17) is 16.2 Å². The summed E-state index contributed by atoms with van der Waals surface area (Å²) in [6.45, 7) is 0. The van der Waals surface area contributed by atoms with Crippen molar-refractivity contribution >= 4 is 11.6 Å². The average Bonchev–Trinajstić information content (AvgIpc) is 3.00. The first kappa shape index (κ1) is 10.8. The van der Waals surface area contributed by atoms with Crippen LogP contribution in [0.2, 0.25) is 0 Å². The first-order chi connectivity index (χ1) is 7.65. The second kappa shape index (κ2) is 4.43. The smallest absolute Gasteiger partial charge is 0.217 e. The maximum Gasteiger partial charge on any atom is 0.217 e. The molecule has 1 aromatic carbocycles. The molecule has 1 saturated carbocycles. The summed E-state index contributed by atoms with van der Waals surface area (Å²) in [5.74, 6) is 0.500. The van der Waals surface area contributed by atoms with Gasteiger partial charge in [0.05, 0.1) is 6.10 Å². The molecule has 0 aromatic heterocycles. The van der Waals surface area contributed by atoms with Gasteiger partial charge in [-0.3, -0.25) is 4.79 Å². The molecule has 0 bridgehead atoms. The summed E-state index contributed by atoms with van der Waals surface area (Å²) in [6, 6.07) is 5.61. The first-order valence-electron chi connectivity index (χ1n) is 5.48. The van der Waals surface area contributed by atoms with Crippen molar-refractivity contribution in [2.45, 2.75) is 31.8 Å². The summed E-state index contributed by atoms with van der Waals surface area (Å²) in [5, 5.41) is 0. The molecule has 0 atom stereocenters. The van der Waals surface area contributed by atoms with Crippen molar-refractivity contribution in [3.63, 3.8) is 0 Å². The Bertz CT molecular complexity index is 400. The molecule has 2 rings (SSSR count). The van der Waals surface area contributed by atoms with Crippen LogP contribution in [0.5, 0.6) is 5.75 Å². The number of carbonyl (C=O) groups is 1. The molecule has 1 aliphatic rings. The molecule has 16 heavy (non-hydrogen) atoms. The van der Waals surface area contributed by atoms with Crippen molar-refractivity contribution < 1.29 is 9.53 Å². The molecule has 0 saturated heterocycles. The standard InChI is InChI=1S/C12H16N2O2/c13-11-7-10(16-9-4-5-9)3-1-8(11)2-6-12(14)15/h1,3,7,9H,2,4-6,13H2,(H2,14,15). The summed E-state index contributed by atoms with van der Waals surface area (Å²) < 4.78 is 5.62. The van der Waals surface area contributed by atoms with Crippen LogP contribution in [0.3, 0.4) is 0 Å². The van der Waals surface area contributed by atoms with E-state index in [0.29, 0.717) is 24.6 Å². The number of anilines is 1. The van der Waals surface area contributed by atoms with Gasteiger partial charge in [-0.05, 0) is 30.9 Å². The van der Waals surface area contributed by atoms with Gasteiger partial charge in [0.15, 0.2) is 0 Å². The van der Waals surface area contributed by atoms with Crippen molar-refractivity contribution in [3.8, 4) is 5.75 Å². The van der Waals surface area contributed by atoms with Gasteiger partial charge >= 0.3 is 0 Å².